The molecule has 21 heavy (non-hydrogen) atoms. The lowest BCUT2D eigenvalue weighted by molar-refractivity contribution is -0.124. The van der Waals surface area contributed by atoms with Crippen LogP contribution in [-0.4, -0.2) is 21.6 Å². The van der Waals surface area contributed by atoms with Crippen LogP contribution in [0.15, 0.2) is 24.3 Å². The van der Waals surface area contributed by atoms with Crippen molar-refractivity contribution in [3.05, 3.63) is 30.0 Å². The van der Waals surface area contributed by atoms with E-state index < -0.39 is 0 Å². The SMILES string of the molecule is Cn1nc(CC(=O)C2C3CCC(C3)C2N)c2ccccc21. The monoisotopic (exact) mass is 283 g/mol. The van der Waals surface area contributed by atoms with Crippen LogP contribution in [0.1, 0.15) is 25.0 Å². The topological polar surface area (TPSA) is 60.9 Å². The minimum atomic E-state index is 0.0597. The van der Waals surface area contributed by atoms with Gasteiger partial charge in [0.05, 0.1) is 17.6 Å². The van der Waals surface area contributed by atoms with Crippen LogP contribution in [0.3, 0.4) is 0 Å². The molecule has 1 aromatic carbocycles. The van der Waals surface area contributed by atoms with Crippen molar-refractivity contribution in [1.29, 1.82) is 0 Å². The Balaban J connectivity index is 1.62. The first-order valence-electron chi connectivity index (χ1n) is 7.84. The van der Waals surface area contributed by atoms with Crippen LogP contribution >= 0.6 is 0 Å². The van der Waals surface area contributed by atoms with E-state index in [1.807, 2.05) is 36.0 Å². The number of para-hydroxylation sites is 1. The zero-order valence-corrected chi connectivity index (χ0v) is 12.3. The predicted octanol–water partition coefficient (Wildman–Crippen LogP) is 2.06. The summed E-state index contributed by atoms with van der Waals surface area (Å²) in [7, 11) is 1.93. The molecule has 2 aliphatic carbocycles. The van der Waals surface area contributed by atoms with Gasteiger partial charge in [-0.25, -0.2) is 0 Å². The number of rotatable bonds is 3. The third-order valence-corrected chi connectivity index (χ3v) is 5.53. The normalized spacial score (nSPS) is 31.1. The quantitative estimate of drug-likeness (QED) is 0.938. The molecule has 110 valence electrons. The van der Waals surface area contributed by atoms with Crippen molar-refractivity contribution in [2.24, 2.45) is 30.5 Å². The Bertz CT molecular complexity index is 703. The molecule has 1 heterocycles. The molecule has 0 aliphatic heterocycles. The first kappa shape index (κ1) is 13.0. The van der Waals surface area contributed by atoms with Crippen LogP contribution < -0.4 is 5.73 Å². The van der Waals surface area contributed by atoms with Gasteiger partial charge in [-0.2, -0.15) is 5.10 Å². The van der Waals surface area contributed by atoms with Crippen molar-refractivity contribution in [3.63, 3.8) is 0 Å². The van der Waals surface area contributed by atoms with E-state index in [2.05, 4.69) is 5.10 Å². The van der Waals surface area contributed by atoms with Crippen molar-refractivity contribution in [3.8, 4) is 0 Å². The molecule has 0 amide bonds. The number of ketones is 1. The van der Waals surface area contributed by atoms with Gasteiger partial charge in [0.1, 0.15) is 5.78 Å². The van der Waals surface area contributed by atoms with Crippen molar-refractivity contribution in [2.45, 2.75) is 31.7 Å². The number of aromatic nitrogens is 2. The molecule has 0 spiro atoms. The second kappa shape index (κ2) is 4.67. The number of hydrogen-bond donors (Lipinski definition) is 1. The van der Waals surface area contributed by atoms with Crippen LogP contribution in [0.4, 0.5) is 0 Å². The molecule has 2 fully saturated rings. The van der Waals surface area contributed by atoms with E-state index in [1.165, 1.54) is 12.8 Å². The fraction of sp³-hybridized carbons (Fsp3) is 0.529. The lowest BCUT2D eigenvalue weighted by atomic mass is 9.81. The molecule has 4 unspecified atom stereocenters. The third kappa shape index (κ3) is 1.93. The van der Waals surface area contributed by atoms with Gasteiger partial charge in [0.15, 0.2) is 0 Å². The largest absolute Gasteiger partial charge is 0.327 e. The summed E-state index contributed by atoms with van der Waals surface area (Å²) in [5.74, 6) is 1.44. The highest BCUT2D eigenvalue weighted by atomic mass is 16.1. The lowest BCUT2D eigenvalue weighted by Gasteiger charge is -2.26. The number of carbonyl (C=O) groups excluding carboxylic acids is 1. The van der Waals surface area contributed by atoms with Gasteiger partial charge in [-0.3, -0.25) is 9.48 Å². The molecule has 2 saturated carbocycles. The number of aryl methyl sites for hydroxylation is 1. The molecule has 2 bridgehead atoms. The number of nitrogens with zero attached hydrogens (tertiary/aromatic N) is 2. The summed E-state index contributed by atoms with van der Waals surface area (Å²) in [4.78, 5) is 12.7. The van der Waals surface area contributed by atoms with Crippen LogP contribution in [0.5, 0.6) is 0 Å². The number of fused-ring (bicyclic) bond motifs is 3. The Morgan fingerprint density at radius 3 is 2.86 bits per heavy atom. The molecule has 0 radical (unpaired) electrons. The van der Waals surface area contributed by atoms with Gasteiger partial charge >= 0.3 is 0 Å². The summed E-state index contributed by atoms with van der Waals surface area (Å²) in [6.07, 6.45) is 3.96. The smallest absolute Gasteiger partial charge is 0.143 e. The maximum Gasteiger partial charge on any atom is 0.143 e. The Hall–Kier alpha value is -1.68. The molecule has 4 heteroatoms. The maximum absolute atomic E-state index is 12.7. The van der Waals surface area contributed by atoms with Gasteiger partial charge in [0.2, 0.25) is 0 Å². The van der Waals surface area contributed by atoms with E-state index >= 15 is 0 Å². The molecule has 1 aromatic heterocycles. The number of carbonyl (C=O) groups is 1. The second-order valence-corrected chi connectivity index (χ2v) is 6.67. The van der Waals surface area contributed by atoms with Crippen molar-refractivity contribution >= 4 is 16.7 Å². The molecular formula is C17H21N3O. The predicted molar refractivity (Wildman–Crippen MR) is 81.7 cm³/mol. The number of benzene rings is 1. The Morgan fingerprint density at radius 2 is 2.10 bits per heavy atom. The summed E-state index contributed by atoms with van der Waals surface area (Å²) in [5.41, 5.74) is 8.27. The van der Waals surface area contributed by atoms with Crippen LogP contribution in [0.25, 0.3) is 10.9 Å². The summed E-state index contributed by atoms with van der Waals surface area (Å²) < 4.78 is 1.86. The van der Waals surface area contributed by atoms with Crippen molar-refractivity contribution < 1.29 is 4.79 Å². The Kier molecular flexibility index (Phi) is 2.89. The van der Waals surface area contributed by atoms with E-state index in [4.69, 9.17) is 5.73 Å². The zero-order chi connectivity index (χ0) is 14.6. The average molecular weight is 283 g/mol. The summed E-state index contributed by atoms with van der Waals surface area (Å²) in [6.45, 7) is 0. The molecule has 4 rings (SSSR count). The fourth-order valence-corrected chi connectivity index (χ4v) is 4.52. The van der Waals surface area contributed by atoms with Crippen LogP contribution in [0, 0.1) is 17.8 Å². The lowest BCUT2D eigenvalue weighted by Crippen LogP contribution is -2.40. The fourth-order valence-electron chi connectivity index (χ4n) is 4.52. The number of Topliss-reactive ketones (excluding diaryl/α,β-unsaturated/α-hetero) is 1. The van der Waals surface area contributed by atoms with Crippen molar-refractivity contribution in [1.82, 2.24) is 9.78 Å². The first-order valence-corrected chi connectivity index (χ1v) is 7.84. The number of nitrogens with two attached hydrogens (primary N) is 1. The van der Waals surface area contributed by atoms with E-state index in [-0.39, 0.29) is 12.0 Å². The molecule has 4 atom stereocenters. The zero-order valence-electron chi connectivity index (χ0n) is 12.3. The molecule has 2 aliphatic rings. The molecular weight excluding hydrogens is 262 g/mol. The van der Waals surface area contributed by atoms with E-state index in [1.54, 1.807) is 0 Å². The minimum Gasteiger partial charge on any atom is -0.327 e. The summed E-state index contributed by atoms with van der Waals surface area (Å²) in [5, 5.41) is 5.63. The van der Waals surface area contributed by atoms with Crippen LogP contribution in [-0.2, 0) is 18.3 Å². The molecule has 4 nitrogen and oxygen atoms in total. The Labute approximate surface area is 124 Å². The van der Waals surface area contributed by atoms with E-state index in [0.717, 1.165) is 23.0 Å². The highest BCUT2D eigenvalue weighted by Gasteiger charge is 2.48. The van der Waals surface area contributed by atoms with E-state index in [0.29, 0.717) is 24.0 Å². The van der Waals surface area contributed by atoms with Gasteiger partial charge in [-0.15, -0.1) is 0 Å². The summed E-state index contributed by atoms with van der Waals surface area (Å²) in [6, 6.07) is 8.17. The number of hydrogen-bond acceptors (Lipinski definition) is 3. The first-order chi connectivity index (χ1) is 10.1. The molecule has 0 saturated heterocycles. The highest BCUT2D eigenvalue weighted by molar-refractivity contribution is 5.90. The average Bonchev–Trinajstić information content (AvgIpc) is 3.14. The maximum atomic E-state index is 12.7. The van der Waals surface area contributed by atoms with Crippen LogP contribution in [0.2, 0.25) is 0 Å². The van der Waals surface area contributed by atoms with Gasteiger partial charge in [0.25, 0.3) is 0 Å². The molecule has 2 aromatic rings. The van der Waals surface area contributed by atoms with Gasteiger partial charge in [0, 0.05) is 24.4 Å². The standard InChI is InChI=1S/C17H21N3O/c1-20-14-5-3-2-4-12(14)13(19-20)9-15(21)16-10-6-7-11(8-10)17(16)18/h2-5,10-11,16-17H,6-9,18H2,1H3. The van der Waals surface area contributed by atoms with E-state index in [9.17, 15) is 4.79 Å². The minimum absolute atomic E-state index is 0.0597. The van der Waals surface area contributed by atoms with Gasteiger partial charge in [-0.1, -0.05) is 18.2 Å². The van der Waals surface area contributed by atoms with Crippen molar-refractivity contribution in [2.75, 3.05) is 0 Å². The summed E-state index contributed by atoms with van der Waals surface area (Å²) >= 11 is 0. The molecule has 2 N–H and O–H groups in total. The highest BCUT2D eigenvalue weighted by Crippen LogP contribution is 2.48. The van der Waals surface area contributed by atoms with Gasteiger partial charge in [-0.05, 0) is 37.2 Å². The third-order valence-electron chi connectivity index (χ3n) is 5.53. The second-order valence-electron chi connectivity index (χ2n) is 6.67. The van der Waals surface area contributed by atoms with Gasteiger partial charge < -0.3 is 5.73 Å². The Morgan fingerprint density at radius 1 is 1.33 bits per heavy atom.